The maximum atomic E-state index is 11.9. The number of nitrogens with zero attached hydrogens (tertiary/aromatic N) is 1. The number of hydrogen-bond acceptors (Lipinski definition) is 5. The molecule has 1 rings (SSSR count). The molecule has 1 fully saturated rings. The molecule has 1 aliphatic rings. The summed E-state index contributed by atoms with van der Waals surface area (Å²) < 4.78 is 47.9. The highest BCUT2D eigenvalue weighted by molar-refractivity contribution is 7.91. The third-order valence-electron chi connectivity index (χ3n) is 2.76. The molecular weight excluding hydrogens is 264 g/mol. The normalized spacial score (nSPS) is 22.2. The third kappa shape index (κ3) is 4.90. The van der Waals surface area contributed by atoms with Crippen molar-refractivity contribution in [3.8, 4) is 0 Å². The lowest BCUT2D eigenvalue weighted by Crippen LogP contribution is -2.35. The molecule has 1 heterocycles. The molecule has 0 saturated carbocycles. The molecule has 2 N–H and O–H groups in total. The molecule has 0 bridgehead atoms. The van der Waals surface area contributed by atoms with E-state index in [1.165, 1.54) is 4.31 Å². The van der Waals surface area contributed by atoms with Crippen LogP contribution in [0.3, 0.4) is 0 Å². The van der Waals surface area contributed by atoms with E-state index >= 15 is 0 Å². The summed E-state index contributed by atoms with van der Waals surface area (Å²) in [6.07, 6.45) is 1.59. The Morgan fingerprint density at radius 1 is 1.12 bits per heavy atom. The topological polar surface area (TPSA) is 97.5 Å². The van der Waals surface area contributed by atoms with Gasteiger partial charge in [-0.25, -0.2) is 21.1 Å². The minimum Gasteiger partial charge on any atom is -0.330 e. The van der Waals surface area contributed by atoms with Crippen LogP contribution in [0.25, 0.3) is 0 Å². The Morgan fingerprint density at radius 3 is 2.47 bits per heavy atom. The Kier molecular flexibility index (Phi) is 5.36. The summed E-state index contributed by atoms with van der Waals surface area (Å²) >= 11 is 0. The molecule has 0 atom stereocenters. The smallest absolute Gasteiger partial charge is 0.214 e. The number of rotatable bonds is 5. The van der Waals surface area contributed by atoms with Gasteiger partial charge in [0.05, 0.1) is 17.3 Å². The van der Waals surface area contributed by atoms with Crippen LogP contribution in [0, 0.1) is 0 Å². The van der Waals surface area contributed by atoms with Crippen LogP contribution in [0.1, 0.15) is 19.3 Å². The van der Waals surface area contributed by atoms with E-state index in [0.29, 0.717) is 32.4 Å². The van der Waals surface area contributed by atoms with Gasteiger partial charge in [-0.3, -0.25) is 0 Å². The summed E-state index contributed by atoms with van der Waals surface area (Å²) in [6.45, 7) is 0.876. The fourth-order valence-electron chi connectivity index (χ4n) is 1.75. The Bertz CT molecular complexity index is 430. The average Bonchev–Trinajstić information content (AvgIpc) is 2.40. The Morgan fingerprint density at radius 2 is 1.82 bits per heavy atom. The molecule has 1 saturated heterocycles. The first-order valence-corrected chi connectivity index (χ1v) is 9.19. The van der Waals surface area contributed by atoms with Crippen LogP contribution in [-0.2, 0) is 19.9 Å². The zero-order valence-corrected chi connectivity index (χ0v) is 11.5. The van der Waals surface area contributed by atoms with Gasteiger partial charge in [0.2, 0.25) is 10.0 Å². The van der Waals surface area contributed by atoms with Crippen LogP contribution in [0.2, 0.25) is 0 Å². The van der Waals surface area contributed by atoms with Gasteiger partial charge >= 0.3 is 0 Å². The lowest BCUT2D eigenvalue weighted by molar-refractivity contribution is 0.433. The highest BCUT2D eigenvalue weighted by Crippen LogP contribution is 2.11. The van der Waals surface area contributed by atoms with Gasteiger partial charge in [0.1, 0.15) is 0 Å². The molecule has 0 aromatic carbocycles. The maximum Gasteiger partial charge on any atom is 0.214 e. The van der Waals surface area contributed by atoms with Crippen molar-refractivity contribution < 1.29 is 16.8 Å². The van der Waals surface area contributed by atoms with Crippen molar-refractivity contribution in [1.82, 2.24) is 4.31 Å². The Labute approximate surface area is 103 Å². The van der Waals surface area contributed by atoms with Crippen molar-refractivity contribution in [2.45, 2.75) is 19.3 Å². The number of unbranched alkanes of at least 4 members (excludes halogenated alkanes) is 1. The summed E-state index contributed by atoms with van der Waals surface area (Å²) in [5, 5.41) is 0. The van der Waals surface area contributed by atoms with Crippen LogP contribution in [0.5, 0.6) is 0 Å². The van der Waals surface area contributed by atoms with E-state index in [-0.39, 0.29) is 23.8 Å². The summed E-state index contributed by atoms with van der Waals surface area (Å²) in [6, 6.07) is 0. The van der Waals surface area contributed by atoms with Crippen LogP contribution >= 0.6 is 0 Å². The lowest BCUT2D eigenvalue weighted by Gasteiger charge is -2.19. The summed E-state index contributed by atoms with van der Waals surface area (Å²) in [5.41, 5.74) is 5.31. The number of hydrogen-bond donors (Lipinski definition) is 1. The second kappa shape index (κ2) is 6.12. The highest BCUT2D eigenvalue weighted by Gasteiger charge is 2.26. The first-order chi connectivity index (χ1) is 7.87. The summed E-state index contributed by atoms with van der Waals surface area (Å²) in [5.74, 6) is 0.0786. The SMILES string of the molecule is NCCCCS(=O)(=O)N1CCCS(=O)(=O)CC1. The minimum absolute atomic E-state index is 0.0598. The monoisotopic (exact) mass is 284 g/mol. The van der Waals surface area contributed by atoms with Crippen LogP contribution in [0.4, 0.5) is 0 Å². The quantitative estimate of drug-likeness (QED) is 0.665. The van der Waals surface area contributed by atoms with E-state index in [0.717, 1.165) is 0 Å². The zero-order chi connectivity index (χ0) is 12.9. The first kappa shape index (κ1) is 14.9. The number of nitrogens with two attached hydrogens (primary N) is 1. The van der Waals surface area contributed by atoms with E-state index in [4.69, 9.17) is 5.73 Å². The largest absolute Gasteiger partial charge is 0.330 e. The molecule has 8 heteroatoms. The predicted octanol–water partition coefficient (Wildman–Crippen LogP) is -0.824. The lowest BCUT2D eigenvalue weighted by atomic mass is 10.3. The van der Waals surface area contributed by atoms with Gasteiger partial charge in [-0.1, -0.05) is 0 Å². The molecule has 0 spiro atoms. The third-order valence-corrected chi connectivity index (χ3v) is 6.44. The molecule has 102 valence electrons. The molecule has 6 nitrogen and oxygen atoms in total. The van der Waals surface area contributed by atoms with Crippen LogP contribution < -0.4 is 5.73 Å². The molecule has 1 aliphatic heterocycles. The van der Waals surface area contributed by atoms with E-state index in [9.17, 15) is 16.8 Å². The second-order valence-corrected chi connectivity index (χ2v) is 8.61. The van der Waals surface area contributed by atoms with Crippen LogP contribution in [0.15, 0.2) is 0 Å². The van der Waals surface area contributed by atoms with Crippen molar-refractivity contribution in [3.05, 3.63) is 0 Å². The molecule has 0 amide bonds. The van der Waals surface area contributed by atoms with E-state index in [2.05, 4.69) is 0 Å². The van der Waals surface area contributed by atoms with E-state index in [1.807, 2.05) is 0 Å². The summed E-state index contributed by atoms with van der Waals surface area (Å²) in [7, 11) is -6.38. The van der Waals surface area contributed by atoms with Gasteiger partial charge < -0.3 is 5.73 Å². The standard InChI is InChI=1S/C9H20N2O4S2/c10-4-1-2-8-17(14,15)11-5-3-7-16(12,13)9-6-11/h1-10H2. The van der Waals surface area contributed by atoms with Gasteiger partial charge in [-0.2, -0.15) is 0 Å². The van der Waals surface area contributed by atoms with Crippen molar-refractivity contribution in [3.63, 3.8) is 0 Å². The van der Waals surface area contributed by atoms with Crippen molar-refractivity contribution in [1.29, 1.82) is 0 Å². The molecule has 0 aromatic heterocycles. The van der Waals surface area contributed by atoms with E-state index < -0.39 is 19.9 Å². The molecule has 0 aromatic rings. The predicted molar refractivity (Wildman–Crippen MR) is 66.9 cm³/mol. The van der Waals surface area contributed by atoms with E-state index in [1.54, 1.807) is 0 Å². The Hall–Kier alpha value is -0.180. The van der Waals surface area contributed by atoms with Gasteiger partial charge in [0.25, 0.3) is 0 Å². The molecular formula is C9H20N2O4S2. The zero-order valence-electron chi connectivity index (χ0n) is 9.84. The van der Waals surface area contributed by atoms with Crippen molar-refractivity contribution in [2.75, 3.05) is 36.9 Å². The average molecular weight is 284 g/mol. The summed E-state index contributed by atoms with van der Waals surface area (Å²) in [4.78, 5) is 0. The van der Waals surface area contributed by atoms with Gasteiger partial charge in [-0.05, 0) is 25.8 Å². The molecule has 17 heavy (non-hydrogen) atoms. The maximum absolute atomic E-state index is 11.9. The minimum atomic E-state index is -3.32. The second-order valence-electron chi connectivity index (χ2n) is 4.22. The van der Waals surface area contributed by atoms with Gasteiger partial charge in [0, 0.05) is 13.1 Å². The van der Waals surface area contributed by atoms with Gasteiger partial charge in [0.15, 0.2) is 9.84 Å². The van der Waals surface area contributed by atoms with Crippen molar-refractivity contribution >= 4 is 19.9 Å². The fraction of sp³-hybridized carbons (Fsp3) is 1.00. The molecule has 0 radical (unpaired) electrons. The molecule has 0 unspecified atom stereocenters. The number of sulfonamides is 1. The fourth-order valence-corrected chi connectivity index (χ4v) is 4.74. The first-order valence-electron chi connectivity index (χ1n) is 5.76. The highest BCUT2D eigenvalue weighted by atomic mass is 32.2. The van der Waals surface area contributed by atoms with Gasteiger partial charge in [-0.15, -0.1) is 0 Å². The Balaban J connectivity index is 2.60. The van der Waals surface area contributed by atoms with Crippen molar-refractivity contribution in [2.24, 2.45) is 5.73 Å². The molecule has 0 aliphatic carbocycles. The number of sulfone groups is 1. The van der Waals surface area contributed by atoms with Crippen LogP contribution in [-0.4, -0.2) is 58.0 Å².